The zero-order valence-corrected chi connectivity index (χ0v) is 13.6. The van der Waals surface area contributed by atoms with Crippen molar-refractivity contribution in [3.8, 4) is 0 Å². The minimum absolute atomic E-state index is 0.0775. The molecule has 2 aliphatic rings. The molecule has 21 heavy (non-hydrogen) atoms. The van der Waals surface area contributed by atoms with Crippen molar-refractivity contribution in [1.29, 1.82) is 0 Å². The Hall–Kier alpha value is -0.830. The first kappa shape index (κ1) is 16.5. The molecule has 0 amide bonds. The van der Waals surface area contributed by atoms with E-state index in [4.69, 9.17) is 23.7 Å². The van der Waals surface area contributed by atoms with Crippen LogP contribution in [0.2, 0.25) is 0 Å². The van der Waals surface area contributed by atoms with Crippen LogP contribution < -0.4 is 0 Å². The zero-order valence-electron chi connectivity index (χ0n) is 12.0. The second kappa shape index (κ2) is 6.95. The molecule has 2 atom stereocenters. The lowest BCUT2D eigenvalue weighted by Gasteiger charge is -2.21. The van der Waals surface area contributed by atoms with Gasteiger partial charge in [-0.2, -0.15) is 0 Å². The summed E-state index contributed by atoms with van der Waals surface area (Å²) in [6.07, 6.45) is -1.30. The van der Waals surface area contributed by atoms with Crippen LogP contribution >= 0.6 is 15.9 Å². The van der Waals surface area contributed by atoms with Crippen molar-refractivity contribution >= 4 is 21.9 Å². The summed E-state index contributed by atoms with van der Waals surface area (Å²) in [5.74, 6) is -2.01. The SMILES string of the molecule is CC1(C)OC[C@@H]([C@H]2OC(=O)C(O)=C2OCCOCCBr)O1. The number of rotatable bonds is 7. The first-order valence-electron chi connectivity index (χ1n) is 6.67. The molecule has 120 valence electrons. The molecule has 0 spiro atoms. The summed E-state index contributed by atoms with van der Waals surface area (Å²) in [4.78, 5) is 11.5. The molecule has 0 aromatic heterocycles. The number of aliphatic hydroxyl groups excluding tert-OH is 1. The lowest BCUT2D eigenvalue weighted by Crippen LogP contribution is -2.33. The van der Waals surface area contributed by atoms with E-state index in [1.807, 2.05) is 0 Å². The van der Waals surface area contributed by atoms with Gasteiger partial charge < -0.3 is 28.8 Å². The van der Waals surface area contributed by atoms with Gasteiger partial charge in [0.25, 0.3) is 0 Å². The predicted octanol–water partition coefficient (Wildman–Crippen LogP) is 1.26. The van der Waals surface area contributed by atoms with Crippen LogP contribution in [0.4, 0.5) is 0 Å². The number of carbonyl (C=O) groups excluding carboxylic acids is 1. The predicted molar refractivity (Wildman–Crippen MR) is 75.0 cm³/mol. The minimum atomic E-state index is -0.815. The average molecular weight is 367 g/mol. The molecular formula is C13H19BrO7. The summed E-state index contributed by atoms with van der Waals surface area (Å²) in [6.45, 7) is 4.89. The molecule has 8 heteroatoms. The Kier molecular flexibility index (Phi) is 5.48. The van der Waals surface area contributed by atoms with Crippen LogP contribution in [0.5, 0.6) is 0 Å². The highest BCUT2D eigenvalue weighted by molar-refractivity contribution is 9.09. The van der Waals surface area contributed by atoms with E-state index in [2.05, 4.69) is 15.9 Å². The molecule has 2 rings (SSSR count). The molecular weight excluding hydrogens is 348 g/mol. The first-order valence-corrected chi connectivity index (χ1v) is 7.79. The van der Waals surface area contributed by atoms with Gasteiger partial charge in [-0.05, 0) is 13.8 Å². The van der Waals surface area contributed by atoms with Crippen molar-refractivity contribution in [3.05, 3.63) is 11.5 Å². The fourth-order valence-corrected chi connectivity index (χ4v) is 2.32. The van der Waals surface area contributed by atoms with Gasteiger partial charge >= 0.3 is 5.97 Å². The Morgan fingerprint density at radius 2 is 2.14 bits per heavy atom. The van der Waals surface area contributed by atoms with Crippen LogP contribution in [0.3, 0.4) is 0 Å². The normalized spacial score (nSPS) is 28.0. The number of hydrogen-bond donors (Lipinski definition) is 1. The maximum Gasteiger partial charge on any atom is 0.378 e. The van der Waals surface area contributed by atoms with E-state index < -0.39 is 29.7 Å². The maximum absolute atomic E-state index is 11.5. The molecule has 1 fully saturated rings. The van der Waals surface area contributed by atoms with E-state index in [0.29, 0.717) is 13.2 Å². The number of esters is 1. The fourth-order valence-electron chi connectivity index (χ4n) is 2.09. The first-order chi connectivity index (χ1) is 9.94. The highest BCUT2D eigenvalue weighted by Gasteiger charge is 2.47. The summed E-state index contributed by atoms with van der Waals surface area (Å²) in [5.41, 5.74) is 0. The molecule has 2 heterocycles. The van der Waals surface area contributed by atoms with Gasteiger partial charge in [-0.1, -0.05) is 15.9 Å². The number of ether oxygens (including phenoxy) is 5. The van der Waals surface area contributed by atoms with Gasteiger partial charge in [-0.25, -0.2) is 4.79 Å². The van der Waals surface area contributed by atoms with Gasteiger partial charge in [0.15, 0.2) is 17.7 Å². The van der Waals surface area contributed by atoms with E-state index in [0.717, 1.165) is 5.33 Å². The summed E-state index contributed by atoms with van der Waals surface area (Å²) in [7, 11) is 0. The summed E-state index contributed by atoms with van der Waals surface area (Å²) >= 11 is 3.24. The highest BCUT2D eigenvalue weighted by Crippen LogP contribution is 2.32. The van der Waals surface area contributed by atoms with E-state index in [1.165, 1.54) is 0 Å². The van der Waals surface area contributed by atoms with E-state index in [1.54, 1.807) is 13.8 Å². The van der Waals surface area contributed by atoms with Gasteiger partial charge in [0.05, 0.1) is 19.8 Å². The van der Waals surface area contributed by atoms with Crippen LogP contribution in [0.1, 0.15) is 13.8 Å². The largest absolute Gasteiger partial charge is 0.499 e. The molecule has 0 radical (unpaired) electrons. The third kappa shape index (κ3) is 4.09. The summed E-state index contributed by atoms with van der Waals surface area (Å²) in [6, 6.07) is 0. The summed E-state index contributed by atoms with van der Waals surface area (Å²) in [5, 5.41) is 10.5. The number of cyclic esters (lactones) is 1. The molecule has 1 saturated heterocycles. The lowest BCUT2D eigenvalue weighted by molar-refractivity contribution is -0.163. The Bertz CT molecular complexity index is 421. The monoisotopic (exact) mass is 366 g/mol. The Balaban J connectivity index is 1.93. The third-order valence-corrected chi connectivity index (χ3v) is 3.32. The lowest BCUT2D eigenvalue weighted by atomic mass is 10.2. The molecule has 0 aliphatic carbocycles. The van der Waals surface area contributed by atoms with Crippen LogP contribution in [0.25, 0.3) is 0 Å². The molecule has 1 N–H and O–H groups in total. The highest BCUT2D eigenvalue weighted by atomic mass is 79.9. The van der Waals surface area contributed by atoms with Gasteiger partial charge in [-0.3, -0.25) is 0 Å². The quantitative estimate of drug-likeness (QED) is 0.412. The Labute approximate surface area is 131 Å². The van der Waals surface area contributed by atoms with Crippen LogP contribution in [0, 0.1) is 0 Å². The van der Waals surface area contributed by atoms with Gasteiger partial charge in [0.1, 0.15) is 12.7 Å². The topological polar surface area (TPSA) is 83.5 Å². The van der Waals surface area contributed by atoms with E-state index >= 15 is 0 Å². The number of hydrogen-bond acceptors (Lipinski definition) is 7. The second-order valence-corrected chi connectivity index (χ2v) is 5.85. The fraction of sp³-hybridized carbons (Fsp3) is 0.769. The van der Waals surface area contributed by atoms with Crippen molar-refractivity contribution in [1.82, 2.24) is 0 Å². The standard InChI is InChI=1S/C13H19BrO7/c1-13(2)19-7-8(21-13)10-11(9(15)12(16)20-10)18-6-5-17-4-3-14/h8,10,15H,3-7H2,1-2H3/t8-,10+/m0/s1. The molecule has 7 nitrogen and oxygen atoms in total. The van der Waals surface area contributed by atoms with Crippen molar-refractivity contribution in [2.45, 2.75) is 31.8 Å². The number of carbonyl (C=O) groups is 1. The molecule has 0 unspecified atom stereocenters. The molecule has 2 aliphatic heterocycles. The van der Waals surface area contributed by atoms with E-state index in [9.17, 15) is 9.90 Å². The van der Waals surface area contributed by atoms with Crippen molar-refractivity contribution in [3.63, 3.8) is 0 Å². The zero-order chi connectivity index (χ0) is 15.5. The average Bonchev–Trinajstić information content (AvgIpc) is 2.92. The molecule has 0 bridgehead atoms. The second-order valence-electron chi connectivity index (χ2n) is 5.06. The number of halogens is 1. The van der Waals surface area contributed by atoms with Crippen LogP contribution in [-0.2, 0) is 28.5 Å². The number of alkyl halides is 1. The summed E-state index contributed by atoms with van der Waals surface area (Å²) < 4.78 is 26.9. The number of aliphatic hydroxyl groups is 1. The van der Waals surface area contributed by atoms with Gasteiger partial charge in [0, 0.05) is 5.33 Å². The Morgan fingerprint density at radius 3 is 2.76 bits per heavy atom. The van der Waals surface area contributed by atoms with E-state index in [-0.39, 0.29) is 19.0 Å². The van der Waals surface area contributed by atoms with Gasteiger partial charge in [0.2, 0.25) is 5.76 Å². The van der Waals surface area contributed by atoms with Crippen molar-refractivity contribution in [2.75, 3.05) is 31.8 Å². The van der Waals surface area contributed by atoms with Crippen molar-refractivity contribution < 1.29 is 33.6 Å². The van der Waals surface area contributed by atoms with Crippen LogP contribution in [-0.4, -0.2) is 60.8 Å². The Morgan fingerprint density at radius 1 is 1.38 bits per heavy atom. The van der Waals surface area contributed by atoms with Crippen LogP contribution in [0.15, 0.2) is 11.5 Å². The maximum atomic E-state index is 11.5. The molecule has 0 aromatic carbocycles. The minimum Gasteiger partial charge on any atom is -0.499 e. The van der Waals surface area contributed by atoms with Gasteiger partial charge in [-0.15, -0.1) is 0 Å². The van der Waals surface area contributed by atoms with Crippen molar-refractivity contribution in [2.24, 2.45) is 0 Å². The third-order valence-electron chi connectivity index (χ3n) is 2.99. The molecule has 0 aromatic rings. The molecule has 0 saturated carbocycles. The smallest absolute Gasteiger partial charge is 0.378 e.